The van der Waals surface area contributed by atoms with Crippen LogP contribution in [0.4, 0.5) is 4.39 Å². The molecule has 1 aromatic heterocycles. The van der Waals surface area contributed by atoms with Crippen LogP contribution in [0.1, 0.15) is 11.3 Å². The van der Waals surface area contributed by atoms with Gasteiger partial charge in [-0.15, -0.1) is 0 Å². The molecule has 0 amide bonds. The number of rotatable bonds is 3. The first-order valence-electron chi connectivity index (χ1n) is 6.22. The van der Waals surface area contributed by atoms with Crippen LogP contribution in [0.3, 0.4) is 0 Å². The van der Waals surface area contributed by atoms with Gasteiger partial charge in [0.1, 0.15) is 17.8 Å². The standard InChI is InChI=1S/C14H11FN2O4/c1-7-12(15)13(17-6-16-7)20-9-3-2-8-4-11(14(18)19)21-10(8)5-9/h2-3,5-6,11H,4H2,1H3,(H,18,19). The second kappa shape index (κ2) is 5.01. The van der Waals surface area contributed by atoms with Crippen LogP contribution in [-0.2, 0) is 11.2 Å². The number of aryl methyl sites for hydroxylation is 1. The van der Waals surface area contributed by atoms with Crippen LogP contribution < -0.4 is 9.47 Å². The highest BCUT2D eigenvalue weighted by Gasteiger charge is 2.29. The second-order valence-corrected chi connectivity index (χ2v) is 4.60. The lowest BCUT2D eigenvalue weighted by molar-refractivity contribution is -0.144. The highest BCUT2D eigenvalue weighted by Crippen LogP contribution is 2.34. The van der Waals surface area contributed by atoms with Gasteiger partial charge in [0.25, 0.3) is 5.88 Å². The normalized spacial score (nSPS) is 16.2. The van der Waals surface area contributed by atoms with Crippen molar-refractivity contribution in [1.82, 2.24) is 9.97 Å². The molecule has 7 heteroatoms. The van der Waals surface area contributed by atoms with Crippen LogP contribution in [0.2, 0.25) is 0 Å². The number of fused-ring (bicyclic) bond motifs is 1. The molecule has 0 saturated carbocycles. The number of carboxylic acid groups (broad SMARTS) is 1. The molecule has 1 aliphatic rings. The summed E-state index contributed by atoms with van der Waals surface area (Å²) in [6.45, 7) is 1.51. The zero-order valence-electron chi connectivity index (χ0n) is 11.0. The third kappa shape index (κ3) is 2.49. The Labute approximate surface area is 119 Å². The Balaban J connectivity index is 1.85. The van der Waals surface area contributed by atoms with Crippen molar-refractivity contribution in [2.24, 2.45) is 0 Å². The molecule has 0 saturated heterocycles. The highest BCUT2D eigenvalue weighted by molar-refractivity contribution is 5.74. The Bertz CT molecular complexity index is 720. The van der Waals surface area contributed by atoms with Gasteiger partial charge in [0.05, 0.1) is 5.69 Å². The Morgan fingerprint density at radius 3 is 3.05 bits per heavy atom. The van der Waals surface area contributed by atoms with Gasteiger partial charge in [0.2, 0.25) is 5.82 Å². The first-order valence-corrected chi connectivity index (χ1v) is 6.22. The van der Waals surface area contributed by atoms with E-state index >= 15 is 0 Å². The molecule has 1 N–H and O–H groups in total. The van der Waals surface area contributed by atoms with Gasteiger partial charge >= 0.3 is 5.97 Å². The van der Waals surface area contributed by atoms with Gasteiger partial charge in [-0.05, 0) is 18.6 Å². The maximum atomic E-state index is 13.8. The van der Waals surface area contributed by atoms with Crippen LogP contribution >= 0.6 is 0 Å². The molecular formula is C14H11FN2O4. The van der Waals surface area contributed by atoms with Gasteiger partial charge in [0, 0.05) is 12.5 Å². The van der Waals surface area contributed by atoms with Crippen molar-refractivity contribution in [2.75, 3.05) is 0 Å². The van der Waals surface area contributed by atoms with Crippen molar-refractivity contribution in [3.63, 3.8) is 0 Å². The summed E-state index contributed by atoms with van der Waals surface area (Å²) in [4.78, 5) is 18.3. The number of hydrogen-bond donors (Lipinski definition) is 1. The molecule has 1 aliphatic heterocycles. The van der Waals surface area contributed by atoms with Crippen molar-refractivity contribution in [1.29, 1.82) is 0 Å². The number of nitrogens with zero attached hydrogens (tertiary/aromatic N) is 2. The summed E-state index contributed by atoms with van der Waals surface area (Å²) in [6, 6.07) is 4.83. The SMILES string of the molecule is Cc1ncnc(Oc2ccc3c(c2)OC(C(=O)O)C3)c1F. The molecule has 3 rings (SSSR count). The van der Waals surface area contributed by atoms with Gasteiger partial charge in [-0.25, -0.2) is 9.78 Å². The van der Waals surface area contributed by atoms with E-state index in [1.165, 1.54) is 19.3 Å². The maximum Gasteiger partial charge on any atom is 0.345 e. The van der Waals surface area contributed by atoms with E-state index in [9.17, 15) is 9.18 Å². The first-order chi connectivity index (χ1) is 10.0. The molecule has 0 radical (unpaired) electrons. The minimum absolute atomic E-state index is 0.184. The number of benzene rings is 1. The van der Waals surface area contributed by atoms with E-state index in [0.717, 1.165) is 5.56 Å². The topological polar surface area (TPSA) is 81.5 Å². The summed E-state index contributed by atoms with van der Waals surface area (Å²) < 4.78 is 24.4. The Morgan fingerprint density at radius 1 is 1.48 bits per heavy atom. The highest BCUT2D eigenvalue weighted by atomic mass is 19.1. The van der Waals surface area contributed by atoms with Gasteiger partial charge in [-0.2, -0.15) is 9.37 Å². The summed E-state index contributed by atoms with van der Waals surface area (Å²) in [5.74, 6) is -1.11. The summed E-state index contributed by atoms with van der Waals surface area (Å²) in [7, 11) is 0. The molecule has 6 nitrogen and oxygen atoms in total. The molecular weight excluding hydrogens is 279 g/mol. The molecule has 1 unspecified atom stereocenters. The fraction of sp³-hybridized carbons (Fsp3) is 0.214. The predicted molar refractivity (Wildman–Crippen MR) is 69.0 cm³/mol. The van der Waals surface area contributed by atoms with E-state index in [1.807, 2.05) is 0 Å². The van der Waals surface area contributed by atoms with Crippen LogP contribution in [0.5, 0.6) is 17.4 Å². The largest absolute Gasteiger partial charge is 0.478 e. The zero-order valence-corrected chi connectivity index (χ0v) is 11.0. The number of carbonyl (C=O) groups is 1. The lowest BCUT2D eigenvalue weighted by Crippen LogP contribution is -2.24. The Hall–Kier alpha value is -2.70. The Morgan fingerprint density at radius 2 is 2.29 bits per heavy atom. The van der Waals surface area contributed by atoms with Crippen LogP contribution in [0.15, 0.2) is 24.5 Å². The second-order valence-electron chi connectivity index (χ2n) is 4.60. The van der Waals surface area contributed by atoms with E-state index in [4.69, 9.17) is 14.6 Å². The predicted octanol–water partition coefficient (Wildman–Crippen LogP) is 2.10. The maximum absolute atomic E-state index is 13.8. The lowest BCUT2D eigenvalue weighted by Gasteiger charge is -2.08. The van der Waals surface area contributed by atoms with E-state index in [-0.39, 0.29) is 11.6 Å². The van der Waals surface area contributed by atoms with Crippen molar-refractivity contribution in [3.05, 3.63) is 41.6 Å². The van der Waals surface area contributed by atoms with E-state index < -0.39 is 17.9 Å². The van der Waals surface area contributed by atoms with E-state index in [2.05, 4.69) is 9.97 Å². The van der Waals surface area contributed by atoms with Crippen molar-refractivity contribution < 1.29 is 23.8 Å². The number of aromatic nitrogens is 2. The molecule has 108 valence electrons. The van der Waals surface area contributed by atoms with E-state index in [0.29, 0.717) is 17.9 Å². The number of hydrogen-bond acceptors (Lipinski definition) is 5. The number of carboxylic acids is 1. The number of aliphatic carboxylic acids is 1. The van der Waals surface area contributed by atoms with Crippen LogP contribution in [0, 0.1) is 12.7 Å². The summed E-state index contributed by atoms with van der Waals surface area (Å²) >= 11 is 0. The summed E-state index contributed by atoms with van der Waals surface area (Å²) in [5.41, 5.74) is 0.956. The smallest absolute Gasteiger partial charge is 0.345 e. The van der Waals surface area contributed by atoms with Gasteiger partial charge in [0.15, 0.2) is 6.10 Å². The fourth-order valence-electron chi connectivity index (χ4n) is 2.03. The number of halogens is 1. The fourth-order valence-corrected chi connectivity index (χ4v) is 2.03. The monoisotopic (exact) mass is 290 g/mol. The average molecular weight is 290 g/mol. The third-order valence-corrected chi connectivity index (χ3v) is 3.13. The third-order valence-electron chi connectivity index (χ3n) is 3.13. The van der Waals surface area contributed by atoms with Crippen molar-refractivity contribution in [3.8, 4) is 17.4 Å². The van der Waals surface area contributed by atoms with Gasteiger partial charge in [-0.3, -0.25) is 0 Å². The molecule has 1 atom stereocenters. The van der Waals surface area contributed by atoms with E-state index in [1.54, 1.807) is 12.1 Å². The number of ether oxygens (including phenoxy) is 2. The van der Waals surface area contributed by atoms with Gasteiger partial charge < -0.3 is 14.6 Å². The molecule has 1 aromatic carbocycles. The minimum Gasteiger partial charge on any atom is -0.478 e. The molecule has 2 heterocycles. The zero-order chi connectivity index (χ0) is 15.0. The molecule has 0 bridgehead atoms. The molecule has 2 aromatic rings. The summed E-state index contributed by atoms with van der Waals surface area (Å²) in [6.07, 6.45) is 0.609. The quantitative estimate of drug-likeness (QED) is 0.932. The molecule has 0 aliphatic carbocycles. The van der Waals surface area contributed by atoms with Crippen LogP contribution in [0.25, 0.3) is 0 Å². The molecule has 0 spiro atoms. The van der Waals surface area contributed by atoms with Crippen molar-refractivity contribution in [2.45, 2.75) is 19.4 Å². The van der Waals surface area contributed by atoms with Crippen LogP contribution in [-0.4, -0.2) is 27.1 Å². The Kier molecular flexibility index (Phi) is 3.17. The van der Waals surface area contributed by atoms with Gasteiger partial charge in [-0.1, -0.05) is 6.07 Å². The summed E-state index contributed by atoms with van der Waals surface area (Å²) in [5, 5.41) is 8.93. The lowest BCUT2D eigenvalue weighted by atomic mass is 10.1. The minimum atomic E-state index is -1.02. The van der Waals surface area contributed by atoms with Crippen molar-refractivity contribution >= 4 is 5.97 Å². The first kappa shape index (κ1) is 13.3. The molecule has 21 heavy (non-hydrogen) atoms. The average Bonchev–Trinajstić information content (AvgIpc) is 2.87. The molecule has 0 fully saturated rings.